The van der Waals surface area contributed by atoms with Crippen LogP contribution in [0.15, 0.2) is 29.3 Å². The van der Waals surface area contributed by atoms with Crippen LogP contribution < -0.4 is 4.90 Å². The Labute approximate surface area is 119 Å². The van der Waals surface area contributed by atoms with Crippen molar-refractivity contribution in [3.8, 4) is 0 Å². The summed E-state index contributed by atoms with van der Waals surface area (Å²) in [5.41, 5.74) is 1.05. The van der Waals surface area contributed by atoms with Crippen molar-refractivity contribution >= 4 is 22.6 Å². The summed E-state index contributed by atoms with van der Waals surface area (Å²) < 4.78 is 0. The van der Waals surface area contributed by atoms with Gasteiger partial charge in [0.1, 0.15) is 5.72 Å². The highest BCUT2D eigenvalue weighted by atomic mass is 32.2. The molecule has 1 atom stereocenters. The van der Waals surface area contributed by atoms with Crippen molar-refractivity contribution in [2.75, 3.05) is 11.2 Å². The minimum absolute atomic E-state index is 0.233. The maximum atomic E-state index is 10.8. The number of nitrogens with zero attached hydrogens (tertiary/aromatic N) is 2. The highest BCUT2D eigenvalue weighted by Crippen LogP contribution is 2.37. The molecule has 1 N–H and O–H groups in total. The third-order valence-corrected chi connectivity index (χ3v) is 3.95. The quantitative estimate of drug-likeness (QED) is 0.855. The van der Waals surface area contributed by atoms with Crippen LogP contribution in [0.4, 0.5) is 5.69 Å². The smallest absolute Gasteiger partial charge is 0.166 e. The Hall–Kier alpha value is -1.00. The molecule has 0 aliphatic carbocycles. The van der Waals surface area contributed by atoms with Crippen molar-refractivity contribution in [1.82, 2.24) is 0 Å². The van der Waals surface area contributed by atoms with E-state index in [1.807, 2.05) is 30.2 Å². The Morgan fingerprint density at radius 2 is 1.79 bits per heavy atom. The average molecular weight is 278 g/mol. The van der Waals surface area contributed by atoms with E-state index in [4.69, 9.17) is 4.99 Å². The first-order valence-electron chi connectivity index (χ1n) is 6.48. The molecular weight excluding hydrogens is 256 g/mol. The maximum absolute atomic E-state index is 10.8. The number of hydrogen-bond acceptors (Lipinski definition) is 4. The fourth-order valence-corrected chi connectivity index (χ4v) is 3.50. The number of amidine groups is 1. The average Bonchev–Trinajstić information content (AvgIpc) is 2.27. The molecule has 0 fully saturated rings. The summed E-state index contributed by atoms with van der Waals surface area (Å²) in [7, 11) is 0. The van der Waals surface area contributed by atoms with E-state index >= 15 is 0 Å². The summed E-state index contributed by atoms with van der Waals surface area (Å²) in [5, 5.41) is 11.7. The van der Waals surface area contributed by atoms with Gasteiger partial charge < -0.3 is 5.11 Å². The van der Waals surface area contributed by atoms with E-state index in [1.165, 1.54) is 5.56 Å². The van der Waals surface area contributed by atoms with E-state index < -0.39 is 5.72 Å². The van der Waals surface area contributed by atoms with E-state index in [0.29, 0.717) is 6.42 Å². The molecule has 1 aliphatic heterocycles. The normalized spacial score (nSPS) is 26.2. The Morgan fingerprint density at radius 3 is 2.32 bits per heavy atom. The zero-order chi connectivity index (χ0) is 14.3. The van der Waals surface area contributed by atoms with Crippen LogP contribution in [0.25, 0.3) is 0 Å². The topological polar surface area (TPSA) is 35.8 Å². The van der Waals surface area contributed by atoms with Gasteiger partial charge in [0.15, 0.2) is 5.17 Å². The van der Waals surface area contributed by atoms with Gasteiger partial charge in [-0.3, -0.25) is 9.89 Å². The van der Waals surface area contributed by atoms with Gasteiger partial charge in [0, 0.05) is 12.1 Å². The minimum Gasteiger partial charge on any atom is -0.371 e. The highest BCUT2D eigenvalue weighted by Gasteiger charge is 2.42. The third kappa shape index (κ3) is 2.95. The molecule has 0 saturated carbocycles. The monoisotopic (exact) mass is 278 g/mol. The number of rotatable bonds is 1. The molecule has 1 unspecified atom stereocenters. The molecule has 0 amide bonds. The zero-order valence-electron chi connectivity index (χ0n) is 12.3. The van der Waals surface area contributed by atoms with Crippen LogP contribution in [0.5, 0.6) is 0 Å². The van der Waals surface area contributed by atoms with Gasteiger partial charge in [0.25, 0.3) is 0 Å². The maximum Gasteiger partial charge on any atom is 0.166 e. The summed E-state index contributed by atoms with van der Waals surface area (Å²) in [6, 6.07) is 8.19. The van der Waals surface area contributed by atoms with Gasteiger partial charge in [0.05, 0.1) is 5.54 Å². The van der Waals surface area contributed by atoms with Crippen LogP contribution in [-0.2, 0) is 0 Å². The van der Waals surface area contributed by atoms with Gasteiger partial charge in [-0.05, 0) is 46.1 Å². The van der Waals surface area contributed by atoms with E-state index in [9.17, 15) is 5.11 Å². The van der Waals surface area contributed by atoms with Crippen molar-refractivity contribution in [3.05, 3.63) is 29.8 Å². The first-order valence-corrected chi connectivity index (χ1v) is 7.71. The molecule has 3 nitrogen and oxygen atoms in total. The summed E-state index contributed by atoms with van der Waals surface area (Å²) in [6.45, 7) is 8.04. The Bertz CT molecular complexity index is 491. The molecule has 0 radical (unpaired) electrons. The highest BCUT2D eigenvalue weighted by molar-refractivity contribution is 8.13. The molecule has 1 aliphatic rings. The molecule has 1 aromatic rings. The molecule has 19 heavy (non-hydrogen) atoms. The lowest BCUT2D eigenvalue weighted by atomic mass is 9.91. The van der Waals surface area contributed by atoms with Crippen LogP contribution in [0, 0.1) is 6.92 Å². The molecule has 0 saturated heterocycles. The fraction of sp³-hybridized carbons (Fsp3) is 0.533. The lowest BCUT2D eigenvalue weighted by Gasteiger charge is -2.46. The second-order valence-corrected chi connectivity index (χ2v) is 6.75. The molecule has 104 valence electrons. The van der Waals surface area contributed by atoms with Crippen LogP contribution in [0.1, 0.15) is 32.8 Å². The Kier molecular flexibility index (Phi) is 3.67. The van der Waals surface area contributed by atoms with E-state index in [2.05, 4.69) is 32.9 Å². The van der Waals surface area contributed by atoms with Crippen LogP contribution in [-0.4, -0.2) is 27.8 Å². The van der Waals surface area contributed by atoms with E-state index in [1.54, 1.807) is 11.8 Å². The van der Waals surface area contributed by atoms with Gasteiger partial charge in [0.2, 0.25) is 0 Å². The first-order chi connectivity index (χ1) is 8.75. The van der Waals surface area contributed by atoms with Crippen molar-refractivity contribution in [2.24, 2.45) is 4.99 Å². The molecular formula is C15H22N2OS. The number of hydrogen-bond donors (Lipinski definition) is 1. The standard InChI is InChI=1S/C15H22N2OS/c1-11-6-8-12(9-7-11)17-13(19-5)16-14(2,3)10-15(17,4)18/h6-9,18H,10H2,1-5H3. The predicted molar refractivity (Wildman–Crippen MR) is 83.9 cm³/mol. The third-order valence-electron chi connectivity index (χ3n) is 3.31. The second-order valence-electron chi connectivity index (χ2n) is 5.98. The van der Waals surface area contributed by atoms with E-state index in [0.717, 1.165) is 10.9 Å². The SMILES string of the molecule is CSC1=NC(C)(C)CC(C)(O)N1c1ccc(C)cc1. The van der Waals surface area contributed by atoms with Crippen molar-refractivity contribution in [2.45, 2.75) is 45.4 Å². The number of anilines is 1. The molecule has 1 aromatic carbocycles. The lowest BCUT2D eigenvalue weighted by Crippen LogP contribution is -2.56. The van der Waals surface area contributed by atoms with Crippen molar-refractivity contribution in [1.29, 1.82) is 0 Å². The van der Waals surface area contributed by atoms with Gasteiger partial charge >= 0.3 is 0 Å². The number of aliphatic imine (C=N–C) groups is 1. The predicted octanol–water partition coefficient (Wildman–Crippen LogP) is 3.41. The van der Waals surface area contributed by atoms with Crippen LogP contribution >= 0.6 is 11.8 Å². The van der Waals surface area contributed by atoms with Crippen molar-refractivity contribution < 1.29 is 5.11 Å². The summed E-state index contributed by atoms with van der Waals surface area (Å²) >= 11 is 1.57. The largest absolute Gasteiger partial charge is 0.371 e. The Morgan fingerprint density at radius 1 is 1.21 bits per heavy atom. The first kappa shape index (κ1) is 14.4. The van der Waals surface area contributed by atoms with Gasteiger partial charge in [-0.15, -0.1) is 0 Å². The number of benzene rings is 1. The van der Waals surface area contributed by atoms with Crippen LogP contribution in [0.2, 0.25) is 0 Å². The second kappa shape index (κ2) is 4.84. The zero-order valence-corrected chi connectivity index (χ0v) is 13.1. The minimum atomic E-state index is -0.918. The molecule has 4 heteroatoms. The Balaban J connectivity index is 2.49. The van der Waals surface area contributed by atoms with Crippen LogP contribution in [0.3, 0.4) is 0 Å². The summed E-state index contributed by atoms with van der Waals surface area (Å²) in [5.74, 6) is 0. The fourth-order valence-electron chi connectivity index (χ4n) is 2.67. The molecule has 0 spiro atoms. The van der Waals surface area contributed by atoms with Gasteiger partial charge in [-0.1, -0.05) is 29.5 Å². The van der Waals surface area contributed by atoms with Gasteiger partial charge in [-0.2, -0.15) is 0 Å². The van der Waals surface area contributed by atoms with Gasteiger partial charge in [-0.25, -0.2) is 0 Å². The molecule has 0 aromatic heterocycles. The summed E-state index contributed by atoms with van der Waals surface area (Å²) in [6.07, 6.45) is 2.61. The number of aryl methyl sites for hydroxylation is 1. The van der Waals surface area contributed by atoms with E-state index in [-0.39, 0.29) is 5.54 Å². The van der Waals surface area contributed by atoms with Crippen molar-refractivity contribution in [3.63, 3.8) is 0 Å². The summed E-state index contributed by atoms with van der Waals surface area (Å²) in [4.78, 5) is 6.69. The molecule has 0 bridgehead atoms. The lowest BCUT2D eigenvalue weighted by molar-refractivity contribution is 0.0369. The number of aliphatic hydroxyl groups is 1. The number of thioether (sulfide) groups is 1. The molecule has 1 heterocycles. The molecule has 2 rings (SSSR count).